The van der Waals surface area contributed by atoms with E-state index in [0.717, 1.165) is 10.9 Å². The van der Waals surface area contributed by atoms with Gasteiger partial charge in [-0.3, -0.25) is 14.5 Å². The number of carbonyl (C=O) groups excluding carboxylic acids is 2. The summed E-state index contributed by atoms with van der Waals surface area (Å²) in [5, 5.41) is 10.0. The van der Waals surface area contributed by atoms with Crippen LogP contribution in [-0.2, 0) is 4.79 Å². The standard InChI is InChI=1S/C28H25N5O3/c29-18-22-17-25(9-13-30-22)36-24-10-14-32(15-11-24)27(34)19-33(23-4-2-1-3-5-23)28(35)21-7-6-20-8-12-31-26(20)16-21/h1-9,12-13,16-17,24,31H,10-11,14-15,19H2. The molecule has 0 unspecified atom stereocenters. The number of ether oxygens (including phenoxy) is 1. The molecule has 3 heterocycles. The van der Waals surface area contributed by atoms with Crippen LogP contribution in [0.25, 0.3) is 10.9 Å². The summed E-state index contributed by atoms with van der Waals surface area (Å²) in [6.07, 6.45) is 4.66. The third-order valence-corrected chi connectivity index (χ3v) is 6.35. The van der Waals surface area contributed by atoms with Crippen molar-refractivity contribution >= 4 is 28.4 Å². The summed E-state index contributed by atoms with van der Waals surface area (Å²) in [7, 11) is 0. The number of piperidine rings is 1. The fraction of sp³-hybridized carbons (Fsp3) is 0.214. The number of nitriles is 1. The van der Waals surface area contributed by atoms with Crippen molar-refractivity contribution in [2.45, 2.75) is 18.9 Å². The monoisotopic (exact) mass is 479 g/mol. The summed E-state index contributed by atoms with van der Waals surface area (Å²) in [6, 6.07) is 22.1. The van der Waals surface area contributed by atoms with Gasteiger partial charge in [0.1, 0.15) is 30.2 Å². The molecule has 0 radical (unpaired) electrons. The summed E-state index contributed by atoms with van der Waals surface area (Å²) in [5.41, 5.74) is 2.37. The third-order valence-electron chi connectivity index (χ3n) is 6.35. The number of rotatable bonds is 6. The number of likely N-dealkylation sites (tertiary alicyclic amines) is 1. The van der Waals surface area contributed by atoms with E-state index in [4.69, 9.17) is 10.00 Å². The Labute approximate surface area is 208 Å². The van der Waals surface area contributed by atoms with Gasteiger partial charge in [0.05, 0.1) is 0 Å². The number of anilines is 1. The van der Waals surface area contributed by atoms with Crippen LogP contribution in [0.4, 0.5) is 5.69 Å². The van der Waals surface area contributed by atoms with Crippen LogP contribution in [0.2, 0.25) is 0 Å². The van der Waals surface area contributed by atoms with Crippen LogP contribution in [0.3, 0.4) is 0 Å². The molecule has 8 nitrogen and oxygen atoms in total. The predicted octanol–water partition coefficient (Wildman–Crippen LogP) is 4.15. The van der Waals surface area contributed by atoms with Crippen molar-refractivity contribution in [1.82, 2.24) is 14.9 Å². The second-order valence-corrected chi connectivity index (χ2v) is 8.69. The topological polar surface area (TPSA) is 102 Å². The summed E-state index contributed by atoms with van der Waals surface area (Å²) in [6.45, 7) is 1.02. The zero-order valence-corrected chi connectivity index (χ0v) is 19.6. The number of pyridine rings is 1. The highest BCUT2D eigenvalue weighted by Crippen LogP contribution is 2.22. The first-order chi connectivity index (χ1) is 17.6. The fourth-order valence-corrected chi connectivity index (χ4v) is 4.42. The lowest BCUT2D eigenvalue weighted by Gasteiger charge is -2.33. The molecule has 0 saturated carbocycles. The largest absolute Gasteiger partial charge is 0.490 e. The van der Waals surface area contributed by atoms with Crippen LogP contribution in [0, 0.1) is 11.3 Å². The molecule has 2 aromatic heterocycles. The Bertz CT molecular complexity index is 1420. The predicted molar refractivity (Wildman–Crippen MR) is 136 cm³/mol. The van der Waals surface area contributed by atoms with Gasteiger partial charge in [0.15, 0.2) is 0 Å². The third kappa shape index (κ3) is 5.05. The Morgan fingerprint density at radius 2 is 1.89 bits per heavy atom. The molecular formula is C28H25N5O3. The van der Waals surface area contributed by atoms with Gasteiger partial charge in [-0.25, -0.2) is 4.98 Å². The van der Waals surface area contributed by atoms with Gasteiger partial charge in [-0.15, -0.1) is 0 Å². The van der Waals surface area contributed by atoms with Crippen LogP contribution in [0.15, 0.2) is 79.1 Å². The quantitative estimate of drug-likeness (QED) is 0.448. The summed E-state index contributed by atoms with van der Waals surface area (Å²) < 4.78 is 6.00. The molecule has 0 aliphatic carbocycles. The number of H-pyrrole nitrogens is 1. The molecule has 4 aromatic rings. The minimum Gasteiger partial charge on any atom is -0.490 e. The Balaban J connectivity index is 1.26. The summed E-state index contributed by atoms with van der Waals surface area (Å²) >= 11 is 0. The average molecular weight is 480 g/mol. The van der Waals surface area contributed by atoms with Gasteiger partial charge >= 0.3 is 0 Å². The van der Waals surface area contributed by atoms with Gasteiger partial charge in [-0.2, -0.15) is 5.26 Å². The van der Waals surface area contributed by atoms with E-state index in [0.29, 0.717) is 48.6 Å². The van der Waals surface area contributed by atoms with Crippen molar-refractivity contribution in [1.29, 1.82) is 5.26 Å². The van der Waals surface area contributed by atoms with Gasteiger partial charge < -0.3 is 14.6 Å². The normalized spacial score (nSPS) is 13.8. The van der Waals surface area contributed by atoms with Crippen molar-refractivity contribution in [2.24, 2.45) is 0 Å². The molecular weight excluding hydrogens is 454 g/mol. The maximum Gasteiger partial charge on any atom is 0.258 e. The van der Waals surface area contributed by atoms with Gasteiger partial charge in [-0.05, 0) is 41.8 Å². The van der Waals surface area contributed by atoms with Crippen LogP contribution < -0.4 is 9.64 Å². The number of amides is 2. The van der Waals surface area contributed by atoms with Crippen LogP contribution in [0.1, 0.15) is 28.9 Å². The minimum absolute atomic E-state index is 0.0486. The van der Waals surface area contributed by atoms with E-state index in [-0.39, 0.29) is 24.5 Å². The molecule has 1 saturated heterocycles. The molecule has 0 spiro atoms. The van der Waals surface area contributed by atoms with E-state index in [1.54, 1.807) is 29.3 Å². The molecule has 0 bridgehead atoms. The van der Waals surface area contributed by atoms with Crippen molar-refractivity contribution in [3.63, 3.8) is 0 Å². The number of aromatic amines is 1. The lowest BCUT2D eigenvalue weighted by atomic mass is 10.1. The first-order valence-electron chi connectivity index (χ1n) is 11.9. The highest BCUT2D eigenvalue weighted by atomic mass is 16.5. The van der Waals surface area contributed by atoms with E-state index in [2.05, 4.69) is 9.97 Å². The van der Waals surface area contributed by atoms with E-state index in [1.807, 2.05) is 60.8 Å². The highest BCUT2D eigenvalue weighted by Gasteiger charge is 2.28. The molecule has 2 aromatic carbocycles. The molecule has 8 heteroatoms. The zero-order valence-electron chi connectivity index (χ0n) is 19.6. The second-order valence-electron chi connectivity index (χ2n) is 8.69. The molecule has 1 fully saturated rings. The fourth-order valence-electron chi connectivity index (χ4n) is 4.42. The van der Waals surface area contributed by atoms with Gasteiger partial charge in [0.25, 0.3) is 5.91 Å². The van der Waals surface area contributed by atoms with Gasteiger partial charge in [-0.1, -0.05) is 24.3 Å². The molecule has 1 aliphatic heterocycles. The zero-order chi connectivity index (χ0) is 24.9. The molecule has 36 heavy (non-hydrogen) atoms. The molecule has 1 N–H and O–H groups in total. The molecule has 2 amide bonds. The molecule has 180 valence electrons. The average Bonchev–Trinajstić information content (AvgIpc) is 3.40. The number of para-hydroxylation sites is 1. The lowest BCUT2D eigenvalue weighted by Crippen LogP contribution is -2.47. The van der Waals surface area contributed by atoms with Gasteiger partial charge in [0.2, 0.25) is 5.91 Å². The number of fused-ring (bicyclic) bond motifs is 1. The van der Waals surface area contributed by atoms with E-state index in [1.165, 1.54) is 4.90 Å². The molecule has 0 atom stereocenters. The Hall–Kier alpha value is -4.64. The van der Waals surface area contributed by atoms with Crippen LogP contribution in [-0.4, -0.2) is 52.4 Å². The number of hydrogen-bond acceptors (Lipinski definition) is 5. The van der Waals surface area contributed by atoms with Crippen molar-refractivity contribution < 1.29 is 14.3 Å². The number of nitrogens with zero attached hydrogens (tertiary/aromatic N) is 4. The first-order valence-corrected chi connectivity index (χ1v) is 11.9. The Morgan fingerprint density at radius 3 is 2.67 bits per heavy atom. The van der Waals surface area contributed by atoms with Crippen molar-refractivity contribution in [3.8, 4) is 11.8 Å². The Kier molecular flexibility index (Phi) is 6.63. The molecule has 5 rings (SSSR count). The first kappa shape index (κ1) is 23.1. The number of benzene rings is 2. The smallest absolute Gasteiger partial charge is 0.258 e. The minimum atomic E-state index is -0.227. The lowest BCUT2D eigenvalue weighted by molar-refractivity contribution is -0.131. The summed E-state index contributed by atoms with van der Waals surface area (Å²) in [4.78, 5) is 37.2. The Morgan fingerprint density at radius 1 is 1.08 bits per heavy atom. The SMILES string of the molecule is N#Cc1cc(OC2CCN(C(=O)CN(C(=O)c3ccc4cc[nH]c4c3)c3ccccc3)CC2)ccn1. The van der Waals surface area contributed by atoms with Gasteiger partial charge in [0, 0.05) is 61.2 Å². The van der Waals surface area contributed by atoms with E-state index < -0.39 is 0 Å². The second kappa shape index (κ2) is 10.3. The van der Waals surface area contributed by atoms with E-state index >= 15 is 0 Å². The van der Waals surface area contributed by atoms with Crippen molar-refractivity contribution in [3.05, 3.63) is 90.4 Å². The van der Waals surface area contributed by atoms with E-state index in [9.17, 15) is 9.59 Å². The summed E-state index contributed by atoms with van der Waals surface area (Å²) in [5.74, 6) is 0.267. The van der Waals surface area contributed by atoms with Crippen molar-refractivity contribution in [2.75, 3.05) is 24.5 Å². The number of aromatic nitrogens is 2. The maximum atomic E-state index is 13.5. The maximum absolute atomic E-state index is 13.5. The van der Waals surface area contributed by atoms with Crippen LogP contribution in [0.5, 0.6) is 5.75 Å². The van der Waals surface area contributed by atoms with Crippen LogP contribution >= 0.6 is 0 Å². The highest BCUT2D eigenvalue weighted by molar-refractivity contribution is 6.10. The number of carbonyl (C=O) groups is 2. The molecule has 1 aliphatic rings. The number of hydrogen-bond donors (Lipinski definition) is 1. The number of nitrogens with one attached hydrogen (secondary N) is 1.